The summed E-state index contributed by atoms with van der Waals surface area (Å²) >= 11 is 0. The maximum Gasteiger partial charge on any atom is 0.300 e. The highest BCUT2D eigenvalue weighted by Crippen LogP contribution is 2.43. The SMILES string of the molecule is FC1(F)COC1c1ccc(-c2cn3c(n2)CCC3)cc1. The average Bonchev–Trinajstić information content (AvgIpc) is 2.99. The Bertz CT molecular complexity index is 627. The molecule has 1 unspecified atom stereocenters. The van der Waals surface area contributed by atoms with Crippen molar-refractivity contribution in [2.45, 2.75) is 31.4 Å². The zero-order chi connectivity index (χ0) is 13.7. The number of fused-ring (bicyclic) bond motifs is 1. The Hall–Kier alpha value is -1.75. The van der Waals surface area contributed by atoms with Gasteiger partial charge >= 0.3 is 5.92 Å². The van der Waals surface area contributed by atoms with Crippen LogP contribution in [0.2, 0.25) is 0 Å². The first-order chi connectivity index (χ1) is 9.63. The van der Waals surface area contributed by atoms with Crippen LogP contribution in [0, 0.1) is 0 Å². The number of rotatable bonds is 2. The lowest BCUT2D eigenvalue weighted by molar-refractivity contribution is -0.268. The smallest absolute Gasteiger partial charge is 0.300 e. The van der Waals surface area contributed by atoms with Crippen molar-refractivity contribution in [3.8, 4) is 11.3 Å². The summed E-state index contributed by atoms with van der Waals surface area (Å²) in [5, 5.41) is 0. The van der Waals surface area contributed by atoms with Crippen molar-refractivity contribution >= 4 is 0 Å². The van der Waals surface area contributed by atoms with Gasteiger partial charge in [-0.1, -0.05) is 24.3 Å². The molecule has 1 fully saturated rings. The Kier molecular flexibility index (Phi) is 2.48. The number of hydrogen-bond donors (Lipinski definition) is 0. The first-order valence-corrected chi connectivity index (χ1v) is 6.79. The third kappa shape index (κ3) is 1.77. The fourth-order valence-electron chi connectivity index (χ4n) is 2.86. The molecule has 5 heteroatoms. The summed E-state index contributed by atoms with van der Waals surface area (Å²) in [5.74, 6) is -1.63. The number of nitrogens with zero attached hydrogens (tertiary/aromatic N) is 2. The molecule has 1 aromatic carbocycles. The molecule has 20 heavy (non-hydrogen) atoms. The number of benzene rings is 1. The lowest BCUT2D eigenvalue weighted by Gasteiger charge is -2.36. The van der Waals surface area contributed by atoms with E-state index >= 15 is 0 Å². The average molecular weight is 276 g/mol. The zero-order valence-electron chi connectivity index (χ0n) is 10.9. The van der Waals surface area contributed by atoms with Crippen LogP contribution in [-0.4, -0.2) is 22.1 Å². The summed E-state index contributed by atoms with van der Waals surface area (Å²) in [6.45, 7) is 0.537. The molecule has 2 aliphatic rings. The molecule has 0 N–H and O–H groups in total. The monoisotopic (exact) mass is 276 g/mol. The molecule has 2 aliphatic heterocycles. The van der Waals surface area contributed by atoms with Crippen LogP contribution in [0.25, 0.3) is 11.3 Å². The van der Waals surface area contributed by atoms with Gasteiger partial charge in [-0.2, -0.15) is 0 Å². The second-order valence-corrected chi connectivity index (χ2v) is 5.41. The Balaban J connectivity index is 1.61. The van der Waals surface area contributed by atoms with Crippen LogP contribution < -0.4 is 0 Å². The number of ether oxygens (including phenoxy) is 1. The van der Waals surface area contributed by atoms with E-state index < -0.39 is 18.6 Å². The van der Waals surface area contributed by atoms with Gasteiger partial charge in [0.05, 0.1) is 5.69 Å². The third-order valence-electron chi connectivity index (χ3n) is 3.99. The van der Waals surface area contributed by atoms with E-state index in [2.05, 4.69) is 9.55 Å². The Labute approximate surface area is 115 Å². The molecule has 4 rings (SSSR count). The summed E-state index contributed by atoms with van der Waals surface area (Å²) in [6, 6.07) is 7.09. The van der Waals surface area contributed by atoms with Crippen molar-refractivity contribution in [2.75, 3.05) is 6.61 Å². The lowest BCUT2D eigenvalue weighted by Crippen LogP contribution is -2.44. The van der Waals surface area contributed by atoms with Crippen LogP contribution in [0.5, 0.6) is 0 Å². The molecule has 2 aromatic rings. The van der Waals surface area contributed by atoms with Gasteiger partial charge < -0.3 is 9.30 Å². The number of aryl methyl sites for hydroxylation is 2. The third-order valence-corrected chi connectivity index (χ3v) is 3.99. The van der Waals surface area contributed by atoms with E-state index in [1.165, 1.54) is 0 Å². The largest absolute Gasteiger partial charge is 0.361 e. The summed E-state index contributed by atoms with van der Waals surface area (Å²) in [4.78, 5) is 4.58. The Morgan fingerprint density at radius 2 is 2.05 bits per heavy atom. The Morgan fingerprint density at radius 3 is 2.65 bits per heavy atom. The van der Waals surface area contributed by atoms with Crippen molar-refractivity contribution in [2.24, 2.45) is 0 Å². The van der Waals surface area contributed by atoms with E-state index in [-0.39, 0.29) is 0 Å². The van der Waals surface area contributed by atoms with E-state index in [9.17, 15) is 8.78 Å². The van der Waals surface area contributed by atoms with E-state index in [0.717, 1.165) is 36.5 Å². The predicted molar refractivity (Wildman–Crippen MR) is 69.6 cm³/mol. The maximum atomic E-state index is 13.3. The zero-order valence-corrected chi connectivity index (χ0v) is 10.9. The quantitative estimate of drug-likeness (QED) is 0.842. The van der Waals surface area contributed by atoms with Gasteiger partial charge in [0.1, 0.15) is 18.5 Å². The highest BCUT2D eigenvalue weighted by molar-refractivity contribution is 5.59. The van der Waals surface area contributed by atoms with E-state index in [4.69, 9.17) is 4.74 Å². The number of imidazole rings is 1. The summed E-state index contributed by atoms with van der Waals surface area (Å²) in [7, 11) is 0. The van der Waals surface area contributed by atoms with Crippen LogP contribution in [0.1, 0.15) is 23.9 Å². The van der Waals surface area contributed by atoms with E-state index in [1.54, 1.807) is 12.1 Å². The topological polar surface area (TPSA) is 27.1 Å². The second kappa shape index (κ2) is 4.12. The molecule has 0 amide bonds. The number of halogens is 2. The van der Waals surface area contributed by atoms with Gasteiger partial charge in [-0.25, -0.2) is 13.8 Å². The van der Waals surface area contributed by atoms with Crippen LogP contribution in [0.4, 0.5) is 8.78 Å². The molecule has 0 radical (unpaired) electrons. The normalized spacial score (nSPS) is 23.4. The highest BCUT2D eigenvalue weighted by atomic mass is 19.3. The first-order valence-electron chi connectivity index (χ1n) is 6.79. The molecule has 104 valence electrons. The molecule has 1 aromatic heterocycles. The van der Waals surface area contributed by atoms with Crippen molar-refractivity contribution < 1.29 is 13.5 Å². The van der Waals surface area contributed by atoms with Gasteiger partial charge in [0.15, 0.2) is 0 Å². The molecule has 3 heterocycles. The van der Waals surface area contributed by atoms with Crippen LogP contribution in [-0.2, 0) is 17.7 Å². The molecular formula is C15H14F2N2O. The number of alkyl halides is 2. The lowest BCUT2D eigenvalue weighted by atomic mass is 9.98. The van der Waals surface area contributed by atoms with Crippen molar-refractivity contribution in [1.82, 2.24) is 9.55 Å². The summed E-state index contributed by atoms with van der Waals surface area (Å²) < 4.78 is 33.7. The van der Waals surface area contributed by atoms with Crippen molar-refractivity contribution in [3.63, 3.8) is 0 Å². The van der Waals surface area contributed by atoms with Crippen molar-refractivity contribution in [3.05, 3.63) is 41.9 Å². The molecule has 1 atom stereocenters. The fraction of sp³-hybridized carbons (Fsp3) is 0.400. The maximum absolute atomic E-state index is 13.3. The number of aromatic nitrogens is 2. The highest BCUT2D eigenvalue weighted by Gasteiger charge is 2.50. The van der Waals surface area contributed by atoms with Gasteiger partial charge in [-0.15, -0.1) is 0 Å². The summed E-state index contributed by atoms with van der Waals surface area (Å²) in [6.07, 6.45) is 3.10. The molecule has 0 saturated carbocycles. The van der Waals surface area contributed by atoms with Gasteiger partial charge in [0.2, 0.25) is 0 Å². The van der Waals surface area contributed by atoms with Gasteiger partial charge in [-0.3, -0.25) is 0 Å². The van der Waals surface area contributed by atoms with Crippen LogP contribution in [0.3, 0.4) is 0 Å². The van der Waals surface area contributed by atoms with Gasteiger partial charge in [-0.05, 0) is 12.0 Å². The van der Waals surface area contributed by atoms with Gasteiger partial charge in [0.25, 0.3) is 0 Å². The minimum Gasteiger partial charge on any atom is -0.361 e. The second-order valence-electron chi connectivity index (χ2n) is 5.41. The minimum absolute atomic E-state index is 0.479. The van der Waals surface area contributed by atoms with Crippen molar-refractivity contribution in [1.29, 1.82) is 0 Å². The first kappa shape index (κ1) is 12.0. The minimum atomic E-state index is -2.74. The predicted octanol–water partition coefficient (Wildman–Crippen LogP) is 3.20. The fourth-order valence-corrected chi connectivity index (χ4v) is 2.86. The summed E-state index contributed by atoms with van der Waals surface area (Å²) in [5.41, 5.74) is 2.39. The standard InChI is InChI=1S/C15H14F2N2O/c16-15(17)9-20-14(15)11-5-3-10(4-6-11)12-8-19-7-1-2-13(19)18-12/h3-6,8,14H,1-2,7,9H2. The molecule has 0 spiro atoms. The van der Waals surface area contributed by atoms with Crippen LogP contribution >= 0.6 is 0 Å². The number of hydrogen-bond acceptors (Lipinski definition) is 2. The van der Waals surface area contributed by atoms with Crippen LogP contribution in [0.15, 0.2) is 30.5 Å². The molecule has 1 saturated heterocycles. The Morgan fingerprint density at radius 1 is 1.25 bits per heavy atom. The van der Waals surface area contributed by atoms with E-state index in [0.29, 0.717) is 5.56 Å². The molecular weight excluding hydrogens is 262 g/mol. The molecule has 3 nitrogen and oxygen atoms in total. The van der Waals surface area contributed by atoms with E-state index in [1.807, 2.05) is 18.3 Å². The van der Waals surface area contributed by atoms with Gasteiger partial charge in [0, 0.05) is 24.7 Å². The molecule has 0 bridgehead atoms. The molecule has 0 aliphatic carbocycles.